The molecule has 0 radical (unpaired) electrons. The molecule has 1 amide bonds. The van der Waals surface area contributed by atoms with E-state index in [1.807, 2.05) is 34.6 Å². The van der Waals surface area contributed by atoms with Crippen LogP contribution in [-0.4, -0.2) is 36.7 Å². The fourth-order valence-corrected chi connectivity index (χ4v) is 2.08. The summed E-state index contributed by atoms with van der Waals surface area (Å²) in [5, 5.41) is 2.82. The molecule has 1 unspecified atom stereocenters. The Balaban J connectivity index is 2.62. The van der Waals surface area contributed by atoms with E-state index in [9.17, 15) is 9.59 Å². The Bertz CT molecular complexity index is 340. The summed E-state index contributed by atoms with van der Waals surface area (Å²) in [5.74, 6) is -0.669. The third-order valence-corrected chi connectivity index (χ3v) is 3.16. The van der Waals surface area contributed by atoms with Gasteiger partial charge in [-0.3, -0.25) is 4.79 Å². The van der Waals surface area contributed by atoms with E-state index in [1.165, 1.54) is 0 Å². The molecule has 2 atom stereocenters. The predicted octanol–water partition coefficient (Wildman–Crippen LogP) is 1.90. The van der Waals surface area contributed by atoms with Crippen LogP contribution in [0.1, 0.15) is 47.5 Å². The lowest BCUT2D eigenvalue weighted by atomic mass is 9.98. The first-order valence-electron chi connectivity index (χ1n) is 7.31. The van der Waals surface area contributed by atoms with Crippen molar-refractivity contribution in [2.24, 2.45) is 11.8 Å². The molecule has 0 aliphatic carbocycles. The van der Waals surface area contributed by atoms with Gasteiger partial charge in [-0.05, 0) is 39.5 Å². The van der Waals surface area contributed by atoms with Gasteiger partial charge in [-0.1, -0.05) is 13.8 Å². The summed E-state index contributed by atoms with van der Waals surface area (Å²) in [6.45, 7) is 10.4. The highest BCUT2D eigenvalue weighted by molar-refractivity contribution is 5.86. The minimum atomic E-state index is -0.608. The number of hydrogen-bond donors (Lipinski definition) is 1. The predicted molar refractivity (Wildman–Crippen MR) is 76.2 cm³/mol. The maximum Gasteiger partial charge on any atom is 0.329 e. The van der Waals surface area contributed by atoms with E-state index in [0.29, 0.717) is 13.2 Å². The molecule has 1 fully saturated rings. The fraction of sp³-hybridized carbons (Fsp3) is 0.867. The number of hydrogen-bond acceptors (Lipinski definition) is 4. The van der Waals surface area contributed by atoms with E-state index in [1.54, 1.807) is 0 Å². The molecular formula is C15H27NO4. The van der Waals surface area contributed by atoms with Gasteiger partial charge in [0.25, 0.3) is 0 Å². The highest BCUT2D eigenvalue weighted by Crippen LogP contribution is 2.16. The van der Waals surface area contributed by atoms with Crippen molar-refractivity contribution in [3.63, 3.8) is 0 Å². The average molecular weight is 285 g/mol. The Hall–Kier alpha value is -1.10. The third kappa shape index (κ3) is 5.49. The Morgan fingerprint density at radius 2 is 1.95 bits per heavy atom. The second kappa shape index (κ2) is 7.07. The summed E-state index contributed by atoms with van der Waals surface area (Å²) >= 11 is 0. The molecule has 1 saturated heterocycles. The van der Waals surface area contributed by atoms with Crippen molar-refractivity contribution >= 4 is 11.9 Å². The molecule has 0 aromatic carbocycles. The standard InChI is InChI=1S/C15H27NO4/c1-10(2)12(14(18)20-15(3,4)5)16-13(17)11-7-6-8-19-9-11/h10-12H,6-9H2,1-5H3,(H,16,17)/t11?,12-/m1/s1. The summed E-state index contributed by atoms with van der Waals surface area (Å²) in [5.41, 5.74) is -0.553. The van der Waals surface area contributed by atoms with Crippen LogP contribution in [0.15, 0.2) is 0 Å². The number of carbonyl (C=O) groups excluding carboxylic acids is 2. The molecular weight excluding hydrogens is 258 g/mol. The second-order valence-corrected chi connectivity index (χ2v) is 6.68. The van der Waals surface area contributed by atoms with Crippen molar-refractivity contribution in [2.75, 3.05) is 13.2 Å². The van der Waals surface area contributed by atoms with Crippen molar-refractivity contribution in [2.45, 2.75) is 59.1 Å². The normalized spacial score (nSPS) is 21.4. The van der Waals surface area contributed by atoms with E-state index in [0.717, 1.165) is 12.8 Å². The quantitative estimate of drug-likeness (QED) is 0.801. The van der Waals surface area contributed by atoms with Gasteiger partial charge in [-0.15, -0.1) is 0 Å². The van der Waals surface area contributed by atoms with Crippen LogP contribution in [0.2, 0.25) is 0 Å². The van der Waals surface area contributed by atoms with Crippen LogP contribution >= 0.6 is 0 Å². The van der Waals surface area contributed by atoms with Gasteiger partial charge in [0.05, 0.1) is 12.5 Å². The number of nitrogens with one attached hydrogen (secondary N) is 1. The van der Waals surface area contributed by atoms with Crippen LogP contribution in [0, 0.1) is 11.8 Å². The molecule has 0 bridgehead atoms. The molecule has 116 valence electrons. The van der Waals surface area contributed by atoms with Gasteiger partial charge in [0, 0.05) is 6.61 Å². The van der Waals surface area contributed by atoms with Gasteiger partial charge in [-0.25, -0.2) is 4.79 Å². The maximum absolute atomic E-state index is 12.2. The molecule has 1 N–H and O–H groups in total. The molecule has 1 aliphatic rings. The van der Waals surface area contributed by atoms with Crippen LogP contribution < -0.4 is 5.32 Å². The summed E-state index contributed by atoms with van der Waals surface area (Å²) in [6, 6.07) is -0.608. The van der Waals surface area contributed by atoms with Crippen LogP contribution in [-0.2, 0) is 19.1 Å². The molecule has 0 saturated carbocycles. The topological polar surface area (TPSA) is 64.6 Å². The Morgan fingerprint density at radius 3 is 2.40 bits per heavy atom. The van der Waals surface area contributed by atoms with E-state index >= 15 is 0 Å². The van der Waals surface area contributed by atoms with Gasteiger partial charge in [0.15, 0.2) is 0 Å². The number of rotatable bonds is 4. The molecule has 1 aliphatic heterocycles. The van der Waals surface area contributed by atoms with E-state index in [4.69, 9.17) is 9.47 Å². The van der Waals surface area contributed by atoms with Crippen LogP contribution in [0.25, 0.3) is 0 Å². The fourth-order valence-electron chi connectivity index (χ4n) is 2.08. The first kappa shape index (κ1) is 17.0. The number of ether oxygens (including phenoxy) is 2. The van der Waals surface area contributed by atoms with Crippen LogP contribution in [0.5, 0.6) is 0 Å². The third-order valence-electron chi connectivity index (χ3n) is 3.16. The van der Waals surface area contributed by atoms with Crippen molar-refractivity contribution in [3.8, 4) is 0 Å². The lowest BCUT2D eigenvalue weighted by molar-refractivity contribution is -0.160. The van der Waals surface area contributed by atoms with Gasteiger partial charge in [0.2, 0.25) is 5.91 Å². The average Bonchev–Trinajstić information content (AvgIpc) is 2.34. The number of carbonyl (C=O) groups is 2. The first-order valence-corrected chi connectivity index (χ1v) is 7.31. The zero-order valence-corrected chi connectivity index (χ0v) is 13.2. The SMILES string of the molecule is CC(C)[C@@H](NC(=O)C1CCCOC1)C(=O)OC(C)(C)C. The molecule has 0 spiro atoms. The Kier molecular flexibility index (Phi) is 5.99. The molecule has 20 heavy (non-hydrogen) atoms. The zero-order chi connectivity index (χ0) is 15.3. The lowest BCUT2D eigenvalue weighted by Crippen LogP contribution is -2.50. The van der Waals surface area contributed by atoms with Crippen LogP contribution in [0.3, 0.4) is 0 Å². The number of esters is 1. The Morgan fingerprint density at radius 1 is 1.30 bits per heavy atom. The summed E-state index contributed by atoms with van der Waals surface area (Å²) < 4.78 is 10.7. The van der Waals surface area contributed by atoms with Crippen LogP contribution in [0.4, 0.5) is 0 Å². The molecule has 0 aromatic rings. The second-order valence-electron chi connectivity index (χ2n) is 6.68. The Labute approximate surface area is 121 Å². The van der Waals surface area contributed by atoms with Gasteiger partial charge < -0.3 is 14.8 Å². The van der Waals surface area contributed by atoms with Gasteiger partial charge in [-0.2, -0.15) is 0 Å². The first-order chi connectivity index (χ1) is 9.20. The molecule has 5 heteroatoms. The van der Waals surface area contributed by atoms with Crippen molar-refractivity contribution in [1.29, 1.82) is 0 Å². The van der Waals surface area contributed by atoms with E-state index in [2.05, 4.69) is 5.32 Å². The molecule has 1 heterocycles. The van der Waals surface area contributed by atoms with Crippen molar-refractivity contribution < 1.29 is 19.1 Å². The van der Waals surface area contributed by atoms with Gasteiger partial charge >= 0.3 is 5.97 Å². The summed E-state index contributed by atoms with van der Waals surface area (Å²) in [7, 11) is 0. The van der Waals surface area contributed by atoms with Crippen molar-refractivity contribution in [3.05, 3.63) is 0 Å². The monoisotopic (exact) mass is 285 g/mol. The molecule has 1 rings (SSSR count). The largest absolute Gasteiger partial charge is 0.458 e. The maximum atomic E-state index is 12.2. The smallest absolute Gasteiger partial charge is 0.329 e. The van der Waals surface area contributed by atoms with Crippen molar-refractivity contribution in [1.82, 2.24) is 5.32 Å². The lowest BCUT2D eigenvalue weighted by Gasteiger charge is -2.28. The molecule has 0 aromatic heterocycles. The summed E-state index contributed by atoms with van der Waals surface area (Å²) in [4.78, 5) is 24.3. The minimum absolute atomic E-state index is 0.0155. The minimum Gasteiger partial charge on any atom is -0.458 e. The highest BCUT2D eigenvalue weighted by atomic mass is 16.6. The zero-order valence-electron chi connectivity index (χ0n) is 13.2. The van der Waals surface area contributed by atoms with Gasteiger partial charge in [0.1, 0.15) is 11.6 Å². The highest BCUT2D eigenvalue weighted by Gasteiger charge is 2.31. The van der Waals surface area contributed by atoms with E-state index < -0.39 is 11.6 Å². The molecule has 5 nitrogen and oxygen atoms in total. The number of amides is 1. The van der Waals surface area contributed by atoms with E-state index in [-0.39, 0.29) is 23.7 Å². The summed E-state index contributed by atoms with van der Waals surface area (Å²) in [6.07, 6.45) is 1.70.